The standard InChI is InChI=1S/C19H19Cl2N3O/c1-12(2)19(13-3-6-15(20)7-4-13)23-11-18(25)24-16-8-5-14(10-22)17(21)9-16/h3-9,12,19,23H,11H2,1-2H3,(H,24,25). The van der Waals surface area contributed by atoms with Crippen molar-refractivity contribution < 1.29 is 4.79 Å². The number of nitrogens with one attached hydrogen (secondary N) is 2. The van der Waals surface area contributed by atoms with Crippen LogP contribution in [0.3, 0.4) is 0 Å². The van der Waals surface area contributed by atoms with Gasteiger partial charge in [-0.05, 0) is 41.8 Å². The first-order chi connectivity index (χ1) is 11.9. The summed E-state index contributed by atoms with van der Waals surface area (Å²) in [6.07, 6.45) is 0. The zero-order chi connectivity index (χ0) is 18.4. The number of halogens is 2. The highest BCUT2D eigenvalue weighted by molar-refractivity contribution is 6.32. The second-order valence-corrected chi connectivity index (χ2v) is 6.85. The second kappa shape index (κ2) is 8.87. The Kier molecular flexibility index (Phi) is 6.83. The molecule has 0 spiro atoms. The monoisotopic (exact) mass is 375 g/mol. The van der Waals surface area contributed by atoms with Crippen LogP contribution in [0.4, 0.5) is 5.69 Å². The maximum atomic E-state index is 12.2. The highest BCUT2D eigenvalue weighted by atomic mass is 35.5. The first-order valence-electron chi connectivity index (χ1n) is 7.89. The maximum Gasteiger partial charge on any atom is 0.238 e. The molecule has 0 aliphatic rings. The van der Waals surface area contributed by atoms with Crippen molar-refractivity contribution in [3.63, 3.8) is 0 Å². The lowest BCUT2D eigenvalue weighted by molar-refractivity contribution is -0.115. The van der Waals surface area contributed by atoms with Gasteiger partial charge in [-0.25, -0.2) is 0 Å². The molecule has 0 saturated carbocycles. The van der Waals surface area contributed by atoms with E-state index in [0.717, 1.165) is 5.56 Å². The van der Waals surface area contributed by atoms with Crippen molar-refractivity contribution in [2.75, 3.05) is 11.9 Å². The number of amides is 1. The van der Waals surface area contributed by atoms with Gasteiger partial charge in [0.2, 0.25) is 5.91 Å². The summed E-state index contributed by atoms with van der Waals surface area (Å²) in [5.74, 6) is 0.124. The average molecular weight is 376 g/mol. The molecule has 1 unspecified atom stereocenters. The van der Waals surface area contributed by atoms with Gasteiger partial charge in [0.25, 0.3) is 0 Å². The number of hydrogen-bond acceptors (Lipinski definition) is 3. The number of anilines is 1. The van der Waals surface area contributed by atoms with Gasteiger partial charge in [-0.1, -0.05) is 49.2 Å². The molecule has 2 aromatic rings. The van der Waals surface area contributed by atoms with E-state index >= 15 is 0 Å². The molecule has 0 bridgehead atoms. The lowest BCUT2D eigenvalue weighted by atomic mass is 9.96. The molecule has 0 aliphatic heterocycles. The highest BCUT2D eigenvalue weighted by Crippen LogP contribution is 2.23. The van der Waals surface area contributed by atoms with Gasteiger partial charge >= 0.3 is 0 Å². The summed E-state index contributed by atoms with van der Waals surface area (Å²) in [4.78, 5) is 12.2. The molecule has 2 aromatic carbocycles. The fourth-order valence-electron chi connectivity index (χ4n) is 2.50. The van der Waals surface area contributed by atoms with Gasteiger partial charge in [0.15, 0.2) is 0 Å². The molecule has 0 fully saturated rings. The summed E-state index contributed by atoms with van der Waals surface area (Å²) in [6.45, 7) is 4.33. The molecular weight excluding hydrogens is 357 g/mol. The molecule has 0 aliphatic carbocycles. The minimum absolute atomic E-state index is 0.0348. The third-order valence-corrected chi connectivity index (χ3v) is 4.32. The number of rotatable bonds is 6. The molecule has 0 saturated heterocycles. The summed E-state index contributed by atoms with van der Waals surface area (Å²) >= 11 is 11.9. The van der Waals surface area contributed by atoms with E-state index in [4.69, 9.17) is 28.5 Å². The number of hydrogen-bond donors (Lipinski definition) is 2. The van der Waals surface area contributed by atoms with Crippen molar-refractivity contribution in [1.29, 1.82) is 5.26 Å². The van der Waals surface area contributed by atoms with Crippen molar-refractivity contribution >= 4 is 34.8 Å². The predicted octanol–water partition coefficient (Wildman–Crippen LogP) is 4.79. The highest BCUT2D eigenvalue weighted by Gasteiger charge is 2.16. The van der Waals surface area contributed by atoms with Gasteiger partial charge in [0.05, 0.1) is 17.1 Å². The number of nitriles is 1. The third kappa shape index (κ3) is 5.47. The number of carbonyl (C=O) groups is 1. The third-order valence-electron chi connectivity index (χ3n) is 3.75. The van der Waals surface area contributed by atoms with Crippen LogP contribution in [0.25, 0.3) is 0 Å². The van der Waals surface area contributed by atoms with Crippen molar-refractivity contribution in [3.8, 4) is 6.07 Å². The Morgan fingerprint density at radius 3 is 2.40 bits per heavy atom. The smallest absolute Gasteiger partial charge is 0.238 e. The van der Waals surface area contributed by atoms with E-state index in [0.29, 0.717) is 27.2 Å². The van der Waals surface area contributed by atoms with Crippen molar-refractivity contribution in [1.82, 2.24) is 5.32 Å². The summed E-state index contributed by atoms with van der Waals surface area (Å²) in [5, 5.41) is 15.9. The van der Waals surface area contributed by atoms with Gasteiger partial charge in [-0.15, -0.1) is 0 Å². The first kappa shape index (κ1) is 19.3. The molecule has 4 nitrogen and oxygen atoms in total. The fourth-order valence-corrected chi connectivity index (χ4v) is 2.85. The number of carbonyl (C=O) groups excluding carboxylic acids is 1. The van der Waals surface area contributed by atoms with Gasteiger partial charge in [0, 0.05) is 16.8 Å². The van der Waals surface area contributed by atoms with Crippen LogP contribution in [0, 0.1) is 17.2 Å². The van der Waals surface area contributed by atoms with E-state index in [9.17, 15) is 4.79 Å². The molecule has 0 radical (unpaired) electrons. The van der Waals surface area contributed by atoms with Crippen LogP contribution < -0.4 is 10.6 Å². The van der Waals surface area contributed by atoms with Crippen molar-refractivity contribution in [2.24, 2.45) is 5.92 Å². The molecule has 6 heteroatoms. The Hall–Kier alpha value is -2.06. The van der Waals surface area contributed by atoms with Crippen LogP contribution in [-0.2, 0) is 4.79 Å². The lowest BCUT2D eigenvalue weighted by Crippen LogP contribution is -2.33. The number of nitrogens with zero attached hydrogens (tertiary/aromatic N) is 1. The van der Waals surface area contributed by atoms with E-state index in [2.05, 4.69) is 24.5 Å². The molecule has 130 valence electrons. The summed E-state index contributed by atoms with van der Waals surface area (Å²) < 4.78 is 0. The quantitative estimate of drug-likeness (QED) is 0.762. The Morgan fingerprint density at radius 1 is 1.16 bits per heavy atom. The minimum Gasteiger partial charge on any atom is -0.325 e. The van der Waals surface area contributed by atoms with Gasteiger partial charge in [-0.3, -0.25) is 4.79 Å². The van der Waals surface area contributed by atoms with Gasteiger partial charge < -0.3 is 10.6 Å². The van der Waals surface area contributed by atoms with E-state index in [1.54, 1.807) is 18.2 Å². The zero-order valence-electron chi connectivity index (χ0n) is 14.0. The van der Waals surface area contributed by atoms with Crippen LogP contribution in [0.2, 0.25) is 10.0 Å². The first-order valence-corrected chi connectivity index (χ1v) is 8.64. The van der Waals surface area contributed by atoms with Crippen LogP contribution >= 0.6 is 23.2 Å². The van der Waals surface area contributed by atoms with Crippen LogP contribution in [-0.4, -0.2) is 12.5 Å². The van der Waals surface area contributed by atoms with E-state index in [1.165, 1.54) is 0 Å². The Balaban J connectivity index is 1.98. The molecule has 1 atom stereocenters. The SMILES string of the molecule is CC(C)C(NCC(=O)Nc1ccc(C#N)c(Cl)c1)c1ccc(Cl)cc1. The number of benzene rings is 2. The Morgan fingerprint density at radius 2 is 1.84 bits per heavy atom. The zero-order valence-corrected chi connectivity index (χ0v) is 15.5. The Labute approximate surface area is 157 Å². The Bertz CT molecular complexity index is 782. The summed E-state index contributed by atoms with van der Waals surface area (Å²) in [6, 6.07) is 14.4. The van der Waals surface area contributed by atoms with E-state index in [-0.39, 0.29) is 18.5 Å². The predicted molar refractivity (Wildman–Crippen MR) is 102 cm³/mol. The van der Waals surface area contributed by atoms with E-state index < -0.39 is 0 Å². The topological polar surface area (TPSA) is 64.9 Å². The molecular formula is C19H19Cl2N3O. The molecule has 2 rings (SSSR count). The van der Waals surface area contributed by atoms with Gasteiger partial charge in [0.1, 0.15) is 6.07 Å². The molecule has 2 N–H and O–H groups in total. The van der Waals surface area contributed by atoms with E-state index in [1.807, 2.05) is 30.3 Å². The van der Waals surface area contributed by atoms with Crippen LogP contribution in [0.15, 0.2) is 42.5 Å². The molecule has 25 heavy (non-hydrogen) atoms. The summed E-state index contributed by atoms with van der Waals surface area (Å²) in [7, 11) is 0. The molecule has 1 amide bonds. The second-order valence-electron chi connectivity index (χ2n) is 6.01. The summed E-state index contributed by atoms with van der Waals surface area (Å²) in [5.41, 5.74) is 2.01. The average Bonchev–Trinajstić information content (AvgIpc) is 2.56. The van der Waals surface area contributed by atoms with Crippen molar-refractivity contribution in [3.05, 3.63) is 63.6 Å². The van der Waals surface area contributed by atoms with Crippen LogP contribution in [0.5, 0.6) is 0 Å². The maximum absolute atomic E-state index is 12.2. The lowest BCUT2D eigenvalue weighted by Gasteiger charge is -2.23. The fraction of sp³-hybridized carbons (Fsp3) is 0.263. The normalized spacial score (nSPS) is 11.8. The minimum atomic E-state index is -0.180. The molecule has 0 aromatic heterocycles. The van der Waals surface area contributed by atoms with Crippen LogP contribution in [0.1, 0.15) is 31.0 Å². The largest absolute Gasteiger partial charge is 0.325 e. The molecule has 0 heterocycles. The van der Waals surface area contributed by atoms with Crippen molar-refractivity contribution in [2.45, 2.75) is 19.9 Å². The van der Waals surface area contributed by atoms with Gasteiger partial charge in [-0.2, -0.15) is 5.26 Å².